The summed E-state index contributed by atoms with van der Waals surface area (Å²) in [6.07, 6.45) is 6.02. The van der Waals surface area contributed by atoms with Crippen LogP contribution in [-0.2, 0) is 12.8 Å². The van der Waals surface area contributed by atoms with E-state index < -0.39 is 0 Å². The number of aromatic nitrogens is 3. The summed E-state index contributed by atoms with van der Waals surface area (Å²) in [5.41, 5.74) is 7.31. The van der Waals surface area contributed by atoms with Crippen LogP contribution in [0.1, 0.15) is 22.6 Å². The molecule has 0 aliphatic heterocycles. The maximum atomic E-state index is 14.3. The molecule has 0 amide bonds. The second-order valence-corrected chi connectivity index (χ2v) is 7.06. The molecule has 0 saturated heterocycles. The molecule has 0 aliphatic rings. The van der Waals surface area contributed by atoms with Crippen LogP contribution in [0.4, 0.5) is 9.52 Å². The van der Waals surface area contributed by atoms with Crippen molar-refractivity contribution in [3.63, 3.8) is 0 Å². The molecule has 3 aromatic rings. The SMILES string of the molecule is Cc1cc(Cl)cc(-c2nccc(CCCc3cnc(N)s3)n2)c1F. The number of nitrogens with two attached hydrogens (primary N) is 1. The average Bonchev–Trinajstić information content (AvgIpc) is 2.96. The number of hydrogen-bond acceptors (Lipinski definition) is 5. The number of benzene rings is 1. The van der Waals surface area contributed by atoms with Crippen molar-refractivity contribution >= 4 is 28.1 Å². The Kier molecular flexibility index (Phi) is 5.06. The molecule has 24 heavy (non-hydrogen) atoms. The number of rotatable bonds is 5. The number of nitrogen functional groups attached to an aromatic ring is 1. The van der Waals surface area contributed by atoms with Crippen molar-refractivity contribution < 1.29 is 4.39 Å². The normalized spacial score (nSPS) is 11.0. The molecule has 124 valence electrons. The monoisotopic (exact) mass is 362 g/mol. The van der Waals surface area contributed by atoms with Gasteiger partial charge in [0.25, 0.3) is 0 Å². The second kappa shape index (κ2) is 7.23. The van der Waals surface area contributed by atoms with Gasteiger partial charge in [0, 0.05) is 28.0 Å². The summed E-state index contributed by atoms with van der Waals surface area (Å²) in [7, 11) is 0. The minimum atomic E-state index is -0.336. The summed E-state index contributed by atoms with van der Waals surface area (Å²) in [5, 5.41) is 1.06. The van der Waals surface area contributed by atoms with Gasteiger partial charge < -0.3 is 5.73 Å². The summed E-state index contributed by atoms with van der Waals surface area (Å²) in [5.74, 6) is 0.0225. The molecule has 3 rings (SSSR count). The van der Waals surface area contributed by atoms with E-state index in [0.29, 0.717) is 27.1 Å². The molecular formula is C17H16ClFN4S. The Bertz CT molecular complexity index is 866. The maximum Gasteiger partial charge on any atom is 0.180 e. The van der Waals surface area contributed by atoms with Crippen molar-refractivity contribution in [3.05, 3.63) is 57.6 Å². The zero-order valence-corrected chi connectivity index (χ0v) is 14.7. The molecule has 0 bridgehead atoms. The number of anilines is 1. The summed E-state index contributed by atoms with van der Waals surface area (Å²) >= 11 is 7.53. The van der Waals surface area contributed by atoms with Crippen LogP contribution < -0.4 is 5.73 Å². The maximum absolute atomic E-state index is 14.3. The Morgan fingerprint density at radius 3 is 2.83 bits per heavy atom. The van der Waals surface area contributed by atoms with Crippen LogP contribution in [-0.4, -0.2) is 15.0 Å². The van der Waals surface area contributed by atoms with Crippen LogP contribution in [0, 0.1) is 12.7 Å². The van der Waals surface area contributed by atoms with E-state index in [1.807, 2.05) is 6.07 Å². The average molecular weight is 363 g/mol. The van der Waals surface area contributed by atoms with E-state index in [0.717, 1.165) is 29.8 Å². The minimum Gasteiger partial charge on any atom is -0.375 e. The Labute approximate surface area is 148 Å². The molecule has 7 heteroatoms. The molecule has 0 radical (unpaired) electrons. The summed E-state index contributed by atoms with van der Waals surface area (Å²) in [4.78, 5) is 13.9. The molecule has 0 unspecified atom stereocenters. The Hall–Kier alpha value is -2.05. The third-order valence-corrected chi connectivity index (χ3v) is 4.71. The molecule has 2 aromatic heterocycles. The van der Waals surface area contributed by atoms with Gasteiger partial charge in [-0.05, 0) is 49.9 Å². The molecular weight excluding hydrogens is 347 g/mol. The standard InChI is InChI=1S/C17H16ClFN4S/c1-10-7-11(18)8-14(15(10)19)16-21-6-5-12(23-16)3-2-4-13-9-22-17(20)24-13/h5-9H,2-4H2,1H3,(H2,20,22). The molecule has 0 saturated carbocycles. The Morgan fingerprint density at radius 1 is 1.25 bits per heavy atom. The lowest BCUT2D eigenvalue weighted by Gasteiger charge is -2.07. The van der Waals surface area contributed by atoms with E-state index in [4.69, 9.17) is 17.3 Å². The Balaban J connectivity index is 1.75. The van der Waals surface area contributed by atoms with Crippen molar-refractivity contribution in [1.82, 2.24) is 15.0 Å². The predicted octanol–water partition coefficient (Wildman–Crippen LogP) is 4.46. The highest BCUT2D eigenvalue weighted by molar-refractivity contribution is 7.15. The quantitative estimate of drug-likeness (QED) is 0.727. The number of nitrogens with zero attached hydrogens (tertiary/aromatic N) is 3. The van der Waals surface area contributed by atoms with Crippen LogP contribution in [0.25, 0.3) is 11.4 Å². The zero-order chi connectivity index (χ0) is 17.1. The molecule has 2 heterocycles. The van der Waals surface area contributed by atoms with Crippen LogP contribution in [0.2, 0.25) is 5.02 Å². The number of thiazole rings is 1. The summed E-state index contributed by atoms with van der Waals surface area (Å²) < 4.78 is 14.3. The highest BCUT2D eigenvalue weighted by Gasteiger charge is 2.12. The van der Waals surface area contributed by atoms with Gasteiger partial charge in [-0.3, -0.25) is 0 Å². The molecule has 4 nitrogen and oxygen atoms in total. The second-order valence-electron chi connectivity index (χ2n) is 5.47. The first-order valence-electron chi connectivity index (χ1n) is 7.51. The molecule has 1 aromatic carbocycles. The lowest BCUT2D eigenvalue weighted by Crippen LogP contribution is -1.99. The van der Waals surface area contributed by atoms with Gasteiger partial charge in [0.2, 0.25) is 0 Å². The van der Waals surface area contributed by atoms with Gasteiger partial charge in [0.1, 0.15) is 5.82 Å². The van der Waals surface area contributed by atoms with Gasteiger partial charge in [0.05, 0.1) is 5.56 Å². The van der Waals surface area contributed by atoms with Crippen LogP contribution in [0.15, 0.2) is 30.6 Å². The smallest absolute Gasteiger partial charge is 0.180 e. The van der Waals surface area contributed by atoms with E-state index in [2.05, 4.69) is 15.0 Å². The lowest BCUT2D eigenvalue weighted by atomic mass is 10.1. The largest absolute Gasteiger partial charge is 0.375 e. The molecule has 0 spiro atoms. The van der Waals surface area contributed by atoms with E-state index in [9.17, 15) is 4.39 Å². The van der Waals surface area contributed by atoms with Crippen LogP contribution in [0.3, 0.4) is 0 Å². The number of halogens is 2. The van der Waals surface area contributed by atoms with Crippen molar-refractivity contribution in [3.8, 4) is 11.4 Å². The van der Waals surface area contributed by atoms with Gasteiger partial charge in [-0.1, -0.05) is 11.6 Å². The van der Waals surface area contributed by atoms with Crippen LogP contribution >= 0.6 is 22.9 Å². The predicted molar refractivity (Wildman–Crippen MR) is 95.7 cm³/mol. The molecule has 0 aliphatic carbocycles. The fraction of sp³-hybridized carbons (Fsp3) is 0.235. The zero-order valence-electron chi connectivity index (χ0n) is 13.1. The highest BCUT2D eigenvalue weighted by Crippen LogP contribution is 2.26. The van der Waals surface area contributed by atoms with Crippen molar-refractivity contribution in [2.45, 2.75) is 26.2 Å². The number of aryl methyl sites for hydroxylation is 3. The van der Waals surface area contributed by atoms with Gasteiger partial charge >= 0.3 is 0 Å². The molecule has 2 N–H and O–H groups in total. The first-order valence-corrected chi connectivity index (χ1v) is 8.70. The van der Waals surface area contributed by atoms with E-state index in [1.165, 1.54) is 11.3 Å². The van der Waals surface area contributed by atoms with Crippen molar-refractivity contribution in [2.24, 2.45) is 0 Å². The lowest BCUT2D eigenvalue weighted by molar-refractivity contribution is 0.620. The van der Waals surface area contributed by atoms with E-state index in [-0.39, 0.29) is 5.82 Å². The fourth-order valence-corrected chi connectivity index (χ4v) is 3.43. The first kappa shape index (κ1) is 16.8. The topological polar surface area (TPSA) is 64.7 Å². The molecule has 0 atom stereocenters. The minimum absolute atomic E-state index is 0.331. The Morgan fingerprint density at radius 2 is 2.08 bits per heavy atom. The van der Waals surface area contributed by atoms with E-state index >= 15 is 0 Å². The highest BCUT2D eigenvalue weighted by atomic mass is 35.5. The first-order chi connectivity index (χ1) is 11.5. The third-order valence-electron chi connectivity index (χ3n) is 3.60. The van der Waals surface area contributed by atoms with Crippen molar-refractivity contribution in [1.29, 1.82) is 0 Å². The van der Waals surface area contributed by atoms with Gasteiger partial charge in [0.15, 0.2) is 11.0 Å². The van der Waals surface area contributed by atoms with E-state index in [1.54, 1.807) is 31.5 Å². The fourth-order valence-electron chi connectivity index (χ4n) is 2.44. The molecule has 0 fully saturated rings. The third kappa shape index (κ3) is 3.88. The van der Waals surface area contributed by atoms with Gasteiger partial charge in [-0.15, -0.1) is 11.3 Å². The summed E-state index contributed by atoms with van der Waals surface area (Å²) in [6.45, 7) is 1.68. The summed E-state index contributed by atoms with van der Waals surface area (Å²) in [6, 6.07) is 4.99. The number of hydrogen-bond donors (Lipinski definition) is 1. The van der Waals surface area contributed by atoms with Gasteiger partial charge in [-0.2, -0.15) is 0 Å². The van der Waals surface area contributed by atoms with Crippen LogP contribution in [0.5, 0.6) is 0 Å². The van der Waals surface area contributed by atoms with Crippen molar-refractivity contribution in [2.75, 3.05) is 5.73 Å². The van der Waals surface area contributed by atoms with Gasteiger partial charge in [-0.25, -0.2) is 19.3 Å².